The summed E-state index contributed by atoms with van der Waals surface area (Å²) in [6, 6.07) is 3.78. The Morgan fingerprint density at radius 2 is 2.03 bits per heavy atom. The van der Waals surface area contributed by atoms with Crippen LogP contribution in [-0.4, -0.2) is 68.9 Å². The lowest BCUT2D eigenvalue weighted by atomic mass is 10.2. The van der Waals surface area contributed by atoms with Crippen molar-refractivity contribution >= 4 is 28.4 Å². The Morgan fingerprint density at radius 1 is 1.28 bits per heavy atom. The monoisotopic (exact) mass is 471 g/mol. The molecule has 10 nitrogen and oxygen atoms in total. The second-order valence-corrected chi connectivity index (χ2v) is 7.56. The van der Waals surface area contributed by atoms with E-state index in [1.165, 1.54) is 48.6 Å². The van der Waals surface area contributed by atoms with E-state index in [9.17, 15) is 18.4 Å². The molecule has 0 radical (unpaired) electrons. The Labute approximate surface area is 187 Å². The van der Waals surface area contributed by atoms with E-state index in [1.54, 1.807) is 5.38 Å². The first-order chi connectivity index (χ1) is 15.4. The predicted molar refractivity (Wildman–Crippen MR) is 112 cm³/mol. The van der Waals surface area contributed by atoms with Crippen molar-refractivity contribution in [3.63, 3.8) is 0 Å². The molecule has 1 fully saturated rings. The third kappa shape index (κ3) is 6.17. The highest BCUT2D eigenvalue weighted by Gasteiger charge is 2.19. The quantitative estimate of drug-likeness (QED) is 0.596. The van der Waals surface area contributed by atoms with Gasteiger partial charge in [-0.05, 0) is 17.7 Å². The highest BCUT2D eigenvalue weighted by Crippen LogP contribution is 2.29. The number of amides is 3. The summed E-state index contributed by atoms with van der Waals surface area (Å²) in [5.74, 6) is -0.535. The maximum atomic E-state index is 12.4. The highest BCUT2D eigenvalue weighted by atomic mass is 32.1. The number of carbonyl (C=O) groups excluding carboxylic acids is 2. The van der Waals surface area contributed by atoms with Gasteiger partial charge in [-0.2, -0.15) is 8.78 Å². The topological polar surface area (TPSA) is 105 Å². The number of rotatable bonds is 7. The van der Waals surface area contributed by atoms with Crippen LogP contribution >= 0.6 is 11.3 Å². The zero-order chi connectivity index (χ0) is 23.1. The van der Waals surface area contributed by atoms with Crippen LogP contribution in [0.5, 0.6) is 11.5 Å². The van der Waals surface area contributed by atoms with E-state index in [2.05, 4.69) is 20.6 Å². The molecule has 0 bridgehead atoms. The molecule has 0 spiro atoms. The number of hydrogen-bond acceptors (Lipinski definition) is 8. The molecule has 1 aliphatic heterocycles. The number of morpholine rings is 1. The number of nitrogens with zero attached hydrogens (tertiary/aromatic N) is 3. The SMILES string of the molecule is COc1cc(CN(C)C(=O)NNC(=O)c2csc(N3CCOCC3)n2)ccc1OC(F)F. The van der Waals surface area contributed by atoms with Crippen molar-refractivity contribution < 1.29 is 32.6 Å². The fraction of sp³-hybridized carbons (Fsp3) is 0.421. The number of hydrogen-bond donors (Lipinski definition) is 2. The summed E-state index contributed by atoms with van der Waals surface area (Å²) in [5.41, 5.74) is 5.45. The van der Waals surface area contributed by atoms with Crippen LogP contribution < -0.4 is 25.2 Å². The molecule has 1 aromatic heterocycles. The van der Waals surface area contributed by atoms with E-state index in [-0.39, 0.29) is 23.7 Å². The Kier molecular flexibility index (Phi) is 8.00. The summed E-state index contributed by atoms with van der Waals surface area (Å²) >= 11 is 1.34. The van der Waals surface area contributed by atoms with Gasteiger partial charge in [0.15, 0.2) is 16.6 Å². The molecule has 2 heterocycles. The van der Waals surface area contributed by atoms with E-state index < -0.39 is 18.5 Å². The largest absolute Gasteiger partial charge is 0.493 e. The third-order valence-electron chi connectivity index (χ3n) is 4.50. The predicted octanol–water partition coefficient (Wildman–Crippen LogP) is 2.08. The number of aromatic nitrogens is 1. The molecule has 3 amide bonds. The van der Waals surface area contributed by atoms with Gasteiger partial charge in [0, 0.05) is 32.1 Å². The molecular weight excluding hydrogens is 448 g/mol. The minimum atomic E-state index is -2.98. The molecule has 0 saturated carbocycles. The van der Waals surface area contributed by atoms with Crippen LogP contribution in [0.25, 0.3) is 0 Å². The number of anilines is 1. The molecule has 3 rings (SSSR count). The Bertz CT molecular complexity index is 939. The van der Waals surface area contributed by atoms with Crippen molar-refractivity contribution in [3.8, 4) is 11.5 Å². The minimum Gasteiger partial charge on any atom is -0.493 e. The normalized spacial score (nSPS) is 13.6. The van der Waals surface area contributed by atoms with Gasteiger partial charge in [0.05, 0.1) is 20.3 Å². The first kappa shape index (κ1) is 23.5. The molecule has 0 unspecified atom stereocenters. The van der Waals surface area contributed by atoms with Crippen LogP contribution in [0.15, 0.2) is 23.6 Å². The lowest BCUT2D eigenvalue weighted by Gasteiger charge is -2.25. The van der Waals surface area contributed by atoms with Gasteiger partial charge in [-0.1, -0.05) is 6.07 Å². The number of nitrogens with one attached hydrogen (secondary N) is 2. The first-order valence-electron chi connectivity index (χ1n) is 9.58. The second kappa shape index (κ2) is 10.9. The maximum absolute atomic E-state index is 12.4. The average molecular weight is 471 g/mol. The van der Waals surface area contributed by atoms with Gasteiger partial charge in [0.25, 0.3) is 5.91 Å². The fourth-order valence-corrected chi connectivity index (χ4v) is 3.75. The lowest BCUT2D eigenvalue weighted by molar-refractivity contribution is -0.0512. The molecule has 1 saturated heterocycles. The summed E-state index contributed by atoms with van der Waals surface area (Å²) in [6.45, 7) is -0.222. The number of ether oxygens (including phenoxy) is 3. The van der Waals surface area contributed by atoms with Gasteiger partial charge in [-0.3, -0.25) is 10.2 Å². The summed E-state index contributed by atoms with van der Waals surface area (Å²) in [4.78, 5) is 32.2. The van der Waals surface area contributed by atoms with Crippen molar-refractivity contribution in [2.75, 3.05) is 45.4 Å². The molecule has 174 valence electrons. The van der Waals surface area contributed by atoms with E-state index in [4.69, 9.17) is 9.47 Å². The second-order valence-electron chi connectivity index (χ2n) is 6.72. The molecule has 2 N–H and O–H groups in total. The number of methoxy groups -OCH3 is 1. The van der Waals surface area contributed by atoms with Gasteiger partial charge >= 0.3 is 12.6 Å². The number of urea groups is 1. The van der Waals surface area contributed by atoms with Crippen molar-refractivity contribution in [1.29, 1.82) is 0 Å². The van der Waals surface area contributed by atoms with Gasteiger partial charge in [0.1, 0.15) is 5.69 Å². The number of hydrazine groups is 1. The first-order valence-corrected chi connectivity index (χ1v) is 10.5. The molecule has 0 aliphatic carbocycles. The van der Waals surface area contributed by atoms with Crippen LogP contribution in [0, 0.1) is 0 Å². The Balaban J connectivity index is 1.51. The number of thiazole rings is 1. The smallest absolute Gasteiger partial charge is 0.387 e. The van der Waals surface area contributed by atoms with Gasteiger partial charge in [-0.15, -0.1) is 11.3 Å². The highest BCUT2D eigenvalue weighted by molar-refractivity contribution is 7.13. The summed E-state index contributed by atoms with van der Waals surface area (Å²) in [5, 5.41) is 2.33. The average Bonchev–Trinajstić information content (AvgIpc) is 3.29. The Morgan fingerprint density at radius 3 is 2.72 bits per heavy atom. The Hall–Kier alpha value is -3.19. The minimum absolute atomic E-state index is 0.106. The molecular formula is C19H23F2N5O5S. The molecule has 1 aliphatic rings. The van der Waals surface area contributed by atoms with Crippen molar-refractivity contribution in [2.45, 2.75) is 13.2 Å². The van der Waals surface area contributed by atoms with E-state index >= 15 is 0 Å². The van der Waals surface area contributed by atoms with E-state index in [0.29, 0.717) is 31.9 Å². The maximum Gasteiger partial charge on any atom is 0.387 e. The van der Waals surface area contributed by atoms with Crippen LogP contribution in [-0.2, 0) is 11.3 Å². The van der Waals surface area contributed by atoms with Crippen LogP contribution in [0.1, 0.15) is 16.1 Å². The number of benzene rings is 1. The zero-order valence-corrected chi connectivity index (χ0v) is 18.3. The molecule has 13 heteroatoms. The fourth-order valence-electron chi connectivity index (χ4n) is 2.89. The van der Waals surface area contributed by atoms with Crippen molar-refractivity contribution in [1.82, 2.24) is 20.7 Å². The molecule has 0 atom stereocenters. The number of halogens is 2. The summed E-state index contributed by atoms with van der Waals surface area (Å²) in [6.07, 6.45) is 0. The van der Waals surface area contributed by atoms with Crippen LogP contribution in [0.3, 0.4) is 0 Å². The summed E-state index contributed by atoms with van der Waals surface area (Å²) in [7, 11) is 2.84. The summed E-state index contributed by atoms with van der Waals surface area (Å²) < 4.78 is 39.6. The van der Waals surface area contributed by atoms with Crippen LogP contribution in [0.4, 0.5) is 18.7 Å². The van der Waals surface area contributed by atoms with Gasteiger partial charge in [0.2, 0.25) is 0 Å². The zero-order valence-electron chi connectivity index (χ0n) is 17.5. The molecule has 32 heavy (non-hydrogen) atoms. The standard InChI is InChI=1S/C19H23F2N5O5S/c1-25(10-12-3-4-14(31-17(20)21)15(9-12)29-2)18(28)24-23-16(27)13-11-32-19(22-13)26-5-7-30-8-6-26/h3-4,9,11,17H,5-8,10H2,1-2H3,(H,23,27)(H,24,28). The van der Waals surface area contributed by atoms with E-state index in [0.717, 1.165) is 5.13 Å². The van der Waals surface area contributed by atoms with Crippen molar-refractivity contribution in [3.05, 3.63) is 34.8 Å². The molecule has 2 aromatic rings. The number of carbonyl (C=O) groups is 2. The van der Waals surface area contributed by atoms with Crippen molar-refractivity contribution in [2.24, 2.45) is 0 Å². The number of alkyl halides is 2. The van der Waals surface area contributed by atoms with Gasteiger partial charge in [-0.25, -0.2) is 15.2 Å². The van der Waals surface area contributed by atoms with Crippen LogP contribution in [0.2, 0.25) is 0 Å². The lowest BCUT2D eigenvalue weighted by Crippen LogP contribution is -2.47. The molecule has 1 aromatic carbocycles. The van der Waals surface area contributed by atoms with Gasteiger partial charge < -0.3 is 24.0 Å². The van der Waals surface area contributed by atoms with E-state index in [1.807, 2.05) is 4.90 Å². The third-order valence-corrected chi connectivity index (χ3v) is 5.40.